The first kappa shape index (κ1) is 12.0. The van der Waals surface area contributed by atoms with Crippen LogP contribution in [0.25, 0.3) is 6.08 Å². The Balaban J connectivity index is 1.60. The Hall–Kier alpha value is -2.09. The minimum absolute atomic E-state index is 0.0515. The van der Waals surface area contributed by atoms with Crippen molar-refractivity contribution in [3.63, 3.8) is 0 Å². The average Bonchev–Trinajstić information content (AvgIpc) is 2.46. The molecule has 1 unspecified atom stereocenters. The van der Waals surface area contributed by atoms with Gasteiger partial charge in [-0.2, -0.15) is 0 Å². The Morgan fingerprint density at radius 1 is 1.16 bits per heavy atom. The monoisotopic (exact) mass is 251 g/mol. The number of carbonyl (C=O) groups is 1. The Morgan fingerprint density at radius 2 is 2.05 bits per heavy atom. The Labute approximate surface area is 113 Å². The number of carbonyl (C=O) groups excluding carboxylic acids is 1. The lowest BCUT2D eigenvalue weighted by molar-refractivity contribution is -0.117. The highest BCUT2D eigenvalue weighted by Crippen LogP contribution is 2.21. The number of nitrogens with zero attached hydrogens (tertiary/aromatic N) is 1. The van der Waals surface area contributed by atoms with Gasteiger partial charge in [0.2, 0.25) is 0 Å². The molecule has 96 valence electrons. The molecule has 0 saturated heterocycles. The normalized spacial score (nSPS) is 20.7. The van der Waals surface area contributed by atoms with E-state index < -0.39 is 0 Å². The predicted molar refractivity (Wildman–Crippen MR) is 77.3 cm³/mol. The molecule has 1 heterocycles. The van der Waals surface area contributed by atoms with Crippen molar-refractivity contribution in [3.05, 3.63) is 65.9 Å². The van der Waals surface area contributed by atoms with E-state index in [1.54, 1.807) is 6.08 Å². The molecule has 0 saturated carbocycles. The molecule has 0 bridgehead atoms. The van der Waals surface area contributed by atoms with Crippen molar-refractivity contribution in [1.82, 2.24) is 4.90 Å². The van der Waals surface area contributed by atoms with E-state index in [1.807, 2.05) is 18.2 Å². The number of ketones is 1. The van der Waals surface area contributed by atoms with E-state index in [0.29, 0.717) is 0 Å². The van der Waals surface area contributed by atoms with Crippen LogP contribution in [-0.4, -0.2) is 17.2 Å². The summed E-state index contributed by atoms with van der Waals surface area (Å²) in [5.74, 6) is 0.277. The van der Waals surface area contributed by atoms with E-state index in [-0.39, 0.29) is 11.7 Å². The molecule has 0 radical (unpaired) electrons. The lowest BCUT2D eigenvalue weighted by Gasteiger charge is -2.26. The zero-order chi connectivity index (χ0) is 13.1. The van der Waals surface area contributed by atoms with Gasteiger partial charge in [0.05, 0.1) is 0 Å². The fourth-order valence-corrected chi connectivity index (χ4v) is 2.56. The van der Waals surface area contributed by atoms with E-state index in [4.69, 9.17) is 0 Å². The molecule has 1 aliphatic heterocycles. The number of fused-ring (bicyclic) bond motifs is 1. The lowest BCUT2D eigenvalue weighted by Crippen LogP contribution is -2.24. The first-order valence-corrected chi connectivity index (χ1v) is 6.72. The molecule has 3 rings (SSSR count). The van der Waals surface area contributed by atoms with Gasteiger partial charge in [0, 0.05) is 19.0 Å². The second-order valence-electron chi connectivity index (χ2n) is 5.03. The predicted octanol–water partition coefficient (Wildman–Crippen LogP) is 3.17. The van der Waals surface area contributed by atoms with E-state index >= 15 is 0 Å². The second-order valence-corrected chi connectivity index (χ2v) is 5.03. The number of hydrogen-bond acceptors (Lipinski definition) is 2. The van der Waals surface area contributed by atoms with Crippen LogP contribution in [0.3, 0.4) is 0 Å². The van der Waals surface area contributed by atoms with Crippen LogP contribution in [0.2, 0.25) is 0 Å². The molecule has 0 N–H and O–H groups in total. The van der Waals surface area contributed by atoms with Gasteiger partial charge >= 0.3 is 0 Å². The number of rotatable bonds is 3. The molecular weight excluding hydrogens is 234 g/mol. The highest BCUT2D eigenvalue weighted by molar-refractivity contribution is 5.94. The van der Waals surface area contributed by atoms with Crippen molar-refractivity contribution in [3.8, 4) is 0 Å². The minimum Gasteiger partial charge on any atom is -0.373 e. The van der Waals surface area contributed by atoms with Gasteiger partial charge in [-0.3, -0.25) is 4.79 Å². The molecule has 1 aromatic rings. The minimum atomic E-state index is 0.0515. The van der Waals surface area contributed by atoms with Crippen molar-refractivity contribution in [2.75, 3.05) is 6.54 Å². The van der Waals surface area contributed by atoms with Crippen LogP contribution in [0.1, 0.15) is 17.5 Å². The summed E-state index contributed by atoms with van der Waals surface area (Å²) in [6.45, 7) is 1.85. The third-order valence-corrected chi connectivity index (χ3v) is 3.70. The maximum absolute atomic E-state index is 11.7. The second kappa shape index (κ2) is 5.27. The van der Waals surface area contributed by atoms with Gasteiger partial charge in [-0.1, -0.05) is 42.5 Å². The highest BCUT2D eigenvalue weighted by Gasteiger charge is 2.16. The van der Waals surface area contributed by atoms with Crippen LogP contribution < -0.4 is 0 Å². The van der Waals surface area contributed by atoms with E-state index in [2.05, 4.69) is 41.4 Å². The molecule has 1 atom stereocenters. The van der Waals surface area contributed by atoms with Crippen molar-refractivity contribution in [2.45, 2.75) is 13.0 Å². The van der Waals surface area contributed by atoms with Crippen LogP contribution in [0.15, 0.2) is 54.8 Å². The third kappa shape index (κ3) is 2.68. The van der Waals surface area contributed by atoms with Gasteiger partial charge in [0.15, 0.2) is 5.78 Å². The topological polar surface area (TPSA) is 20.3 Å². The van der Waals surface area contributed by atoms with E-state index in [0.717, 1.165) is 19.5 Å². The van der Waals surface area contributed by atoms with Gasteiger partial charge in [0.1, 0.15) is 0 Å². The molecule has 1 aromatic carbocycles. The Morgan fingerprint density at radius 3 is 2.95 bits per heavy atom. The quantitative estimate of drug-likeness (QED) is 0.822. The molecule has 1 aliphatic carbocycles. The van der Waals surface area contributed by atoms with Crippen LogP contribution in [0, 0.1) is 5.92 Å². The summed E-state index contributed by atoms with van der Waals surface area (Å²) >= 11 is 0. The van der Waals surface area contributed by atoms with Crippen LogP contribution in [0.5, 0.6) is 0 Å². The summed E-state index contributed by atoms with van der Waals surface area (Å²) in [5, 5.41) is 0. The fraction of sp³-hybridized carbons (Fsp3) is 0.235. The maximum Gasteiger partial charge on any atom is 0.162 e. The third-order valence-electron chi connectivity index (χ3n) is 3.70. The molecule has 2 aliphatic rings. The van der Waals surface area contributed by atoms with Crippen LogP contribution >= 0.6 is 0 Å². The number of benzene rings is 1. The van der Waals surface area contributed by atoms with Gasteiger partial charge < -0.3 is 4.90 Å². The molecule has 0 spiro atoms. The van der Waals surface area contributed by atoms with Gasteiger partial charge in [0.25, 0.3) is 0 Å². The van der Waals surface area contributed by atoms with E-state index in [1.165, 1.54) is 11.1 Å². The largest absolute Gasteiger partial charge is 0.373 e. The molecule has 0 amide bonds. The number of allylic oxidation sites excluding steroid dienone is 4. The van der Waals surface area contributed by atoms with Crippen molar-refractivity contribution < 1.29 is 4.79 Å². The van der Waals surface area contributed by atoms with Crippen LogP contribution in [0.4, 0.5) is 0 Å². The highest BCUT2D eigenvalue weighted by atomic mass is 16.1. The van der Waals surface area contributed by atoms with Crippen LogP contribution in [-0.2, 0) is 11.3 Å². The summed E-state index contributed by atoms with van der Waals surface area (Å²) in [6, 6.07) is 8.45. The summed E-state index contributed by atoms with van der Waals surface area (Å²) < 4.78 is 0. The maximum atomic E-state index is 11.7. The standard InChI is InChI=1S/C17H17NO/c19-17-8-4-3-6-15(17)10-12-18-11-9-14-5-1-2-7-16(14)13-18/h1-9,11,15H,10,12-13H2. The Bertz CT molecular complexity index is 568. The molecular formula is C17H17NO. The lowest BCUT2D eigenvalue weighted by atomic mass is 9.95. The first-order chi connectivity index (χ1) is 9.33. The van der Waals surface area contributed by atoms with Crippen molar-refractivity contribution in [1.29, 1.82) is 0 Å². The zero-order valence-electron chi connectivity index (χ0n) is 10.8. The van der Waals surface area contributed by atoms with Gasteiger partial charge in [-0.05, 0) is 35.9 Å². The van der Waals surface area contributed by atoms with Gasteiger partial charge in [-0.15, -0.1) is 0 Å². The molecule has 0 fully saturated rings. The molecule has 19 heavy (non-hydrogen) atoms. The van der Waals surface area contributed by atoms with E-state index in [9.17, 15) is 4.79 Å². The van der Waals surface area contributed by atoms with Gasteiger partial charge in [-0.25, -0.2) is 0 Å². The fourth-order valence-electron chi connectivity index (χ4n) is 2.56. The molecule has 2 nitrogen and oxygen atoms in total. The zero-order valence-corrected chi connectivity index (χ0v) is 10.8. The van der Waals surface area contributed by atoms with Crippen molar-refractivity contribution >= 4 is 11.9 Å². The average molecular weight is 251 g/mol. The SMILES string of the molecule is O=C1C=CC=CC1CCN1C=Cc2ccccc2C1. The summed E-state index contributed by atoms with van der Waals surface area (Å²) in [4.78, 5) is 14.0. The Kier molecular flexibility index (Phi) is 3.32. The first-order valence-electron chi connectivity index (χ1n) is 6.72. The molecule has 0 aromatic heterocycles. The molecule has 2 heteroatoms. The summed E-state index contributed by atoms with van der Waals surface area (Å²) in [6.07, 6.45) is 12.6. The smallest absolute Gasteiger partial charge is 0.162 e. The summed E-state index contributed by atoms with van der Waals surface area (Å²) in [7, 11) is 0. The number of hydrogen-bond donors (Lipinski definition) is 0. The summed E-state index contributed by atoms with van der Waals surface area (Å²) in [5.41, 5.74) is 2.66. The van der Waals surface area contributed by atoms with Crippen molar-refractivity contribution in [2.24, 2.45) is 5.92 Å².